The largest absolute Gasteiger partial charge is 0.392 e. The van der Waals surface area contributed by atoms with Gasteiger partial charge >= 0.3 is 6.03 Å². The normalized spacial score (nSPS) is 20.0. The molecule has 0 bridgehead atoms. The second-order valence-corrected chi connectivity index (χ2v) is 13.1. The van der Waals surface area contributed by atoms with Crippen LogP contribution in [0.15, 0.2) is 107 Å². The predicted molar refractivity (Wildman–Crippen MR) is 175 cm³/mol. The number of nitrogens with zero attached hydrogens (tertiary/aromatic N) is 1. The first kappa shape index (κ1) is 30.3. The molecule has 1 fully saturated rings. The molecule has 0 unspecified atom stereocenters. The zero-order valence-corrected chi connectivity index (χ0v) is 26.0. The first-order valence-corrected chi connectivity index (χ1v) is 16.5. The Bertz CT molecular complexity index is 1630. The second-order valence-electron chi connectivity index (χ2n) is 10.8. The maximum Gasteiger partial charge on any atom is 0.315 e. The third-order valence-electron chi connectivity index (χ3n) is 7.77. The molecule has 44 heavy (non-hydrogen) atoms. The molecule has 4 atom stereocenters. The van der Waals surface area contributed by atoms with Crippen LogP contribution in [-0.2, 0) is 29.2 Å². The topological polar surface area (TPSA) is 92.7 Å². The van der Waals surface area contributed by atoms with Crippen LogP contribution in [0.4, 0.5) is 4.79 Å². The number of carbonyl (C=O) groups is 1. The van der Waals surface area contributed by atoms with Gasteiger partial charge in [-0.05, 0) is 34.4 Å². The molecule has 9 heteroatoms. The van der Waals surface area contributed by atoms with Gasteiger partial charge in [0.15, 0.2) is 10.6 Å². The van der Waals surface area contributed by atoms with E-state index in [0.717, 1.165) is 43.4 Å². The molecule has 1 aliphatic heterocycles. The molecule has 226 valence electrons. The Hall–Kier alpha value is -3.73. The summed E-state index contributed by atoms with van der Waals surface area (Å²) in [7, 11) is 0. The van der Waals surface area contributed by atoms with E-state index in [2.05, 4.69) is 23.6 Å². The van der Waals surface area contributed by atoms with Crippen molar-refractivity contribution in [2.45, 2.75) is 49.5 Å². The summed E-state index contributed by atoms with van der Waals surface area (Å²) in [5, 5.41) is 15.3. The van der Waals surface area contributed by atoms with Crippen LogP contribution >= 0.6 is 23.1 Å². The lowest BCUT2D eigenvalue weighted by Gasteiger charge is -2.41. The number of hydrogen-bond donors (Lipinski definition) is 3. The van der Waals surface area contributed by atoms with E-state index in [1.807, 2.05) is 97.1 Å². The standard InChI is InChI=1S/C35H35N3O4S2/c1-23-30(22-43-35-38-29-9-5-6-10-31(29)44-35)41-33(42-32(23)27-15-13-26(21-39)14-16-27)28-17-11-25(12-18-28)20-37-34(40)36-19-24-7-3-2-4-8-24/h2-18,23,30,32-33,39H,19-22H2,1H3,(H2,36,37,40)/t23-,30+,32+,33+/m1/s1. The van der Waals surface area contributed by atoms with Crippen molar-refractivity contribution in [3.63, 3.8) is 0 Å². The molecule has 2 amide bonds. The maximum atomic E-state index is 12.3. The fourth-order valence-corrected chi connectivity index (χ4v) is 7.45. The minimum atomic E-state index is -0.550. The highest BCUT2D eigenvalue weighted by molar-refractivity contribution is 8.01. The van der Waals surface area contributed by atoms with Gasteiger partial charge in [-0.15, -0.1) is 11.3 Å². The monoisotopic (exact) mass is 625 g/mol. The lowest BCUT2D eigenvalue weighted by Crippen LogP contribution is -2.38. The van der Waals surface area contributed by atoms with Crippen molar-refractivity contribution in [1.29, 1.82) is 0 Å². The summed E-state index contributed by atoms with van der Waals surface area (Å²) < 4.78 is 15.4. The number of ether oxygens (including phenoxy) is 2. The summed E-state index contributed by atoms with van der Waals surface area (Å²) in [4.78, 5) is 17.1. The van der Waals surface area contributed by atoms with Crippen molar-refractivity contribution in [3.05, 3.63) is 131 Å². The van der Waals surface area contributed by atoms with E-state index >= 15 is 0 Å². The van der Waals surface area contributed by atoms with E-state index in [9.17, 15) is 9.90 Å². The number of amides is 2. The Labute approximate surface area is 265 Å². The molecule has 1 saturated heterocycles. The number of thioether (sulfide) groups is 1. The van der Waals surface area contributed by atoms with Crippen LogP contribution in [0.1, 0.15) is 47.1 Å². The smallest absolute Gasteiger partial charge is 0.315 e. The number of thiazole rings is 1. The third kappa shape index (κ3) is 7.49. The summed E-state index contributed by atoms with van der Waals surface area (Å²) in [6.07, 6.45) is -0.814. The van der Waals surface area contributed by atoms with Gasteiger partial charge in [0.25, 0.3) is 0 Å². The summed E-state index contributed by atoms with van der Waals surface area (Å²) in [5.74, 6) is 0.831. The number of para-hydroxylation sites is 1. The molecule has 0 spiro atoms. The molecule has 0 radical (unpaired) electrons. The third-order valence-corrected chi connectivity index (χ3v) is 10.0. The summed E-state index contributed by atoms with van der Waals surface area (Å²) in [5.41, 5.74) is 5.89. The SMILES string of the molecule is C[C@@H]1[C@H](CSc2nc3ccccc3s2)O[C@H](c2ccc(CNC(=O)NCc3ccccc3)cc2)O[C@@H]1c1ccc(CO)cc1. The average Bonchev–Trinajstić information content (AvgIpc) is 3.50. The Kier molecular flexibility index (Phi) is 9.89. The van der Waals surface area contributed by atoms with Crippen LogP contribution in [-0.4, -0.2) is 28.0 Å². The van der Waals surface area contributed by atoms with E-state index in [4.69, 9.17) is 14.5 Å². The lowest BCUT2D eigenvalue weighted by molar-refractivity contribution is -0.268. The minimum absolute atomic E-state index is 0.00438. The molecule has 4 aromatic carbocycles. The first-order valence-electron chi connectivity index (χ1n) is 14.7. The molecule has 7 nitrogen and oxygen atoms in total. The van der Waals surface area contributed by atoms with Gasteiger partial charge in [0.2, 0.25) is 0 Å². The van der Waals surface area contributed by atoms with E-state index in [1.165, 1.54) is 4.70 Å². The second kappa shape index (κ2) is 14.4. The van der Waals surface area contributed by atoms with E-state index in [1.54, 1.807) is 23.1 Å². The molecule has 1 aromatic heterocycles. The van der Waals surface area contributed by atoms with Gasteiger partial charge in [-0.2, -0.15) is 0 Å². The van der Waals surface area contributed by atoms with Crippen LogP contribution in [0, 0.1) is 5.92 Å². The Balaban J connectivity index is 1.12. The highest BCUT2D eigenvalue weighted by Gasteiger charge is 2.38. The Morgan fingerprint density at radius 1 is 0.818 bits per heavy atom. The van der Waals surface area contributed by atoms with Crippen LogP contribution in [0.25, 0.3) is 10.2 Å². The van der Waals surface area contributed by atoms with Crippen molar-refractivity contribution in [2.24, 2.45) is 5.92 Å². The van der Waals surface area contributed by atoms with Gasteiger partial charge in [-0.25, -0.2) is 9.78 Å². The molecule has 5 aromatic rings. The lowest BCUT2D eigenvalue weighted by atomic mass is 9.91. The Morgan fingerprint density at radius 3 is 2.16 bits per heavy atom. The molecule has 0 aliphatic carbocycles. The highest BCUT2D eigenvalue weighted by Crippen LogP contribution is 2.43. The number of carbonyl (C=O) groups excluding carboxylic acids is 1. The molecule has 0 saturated carbocycles. The number of aliphatic hydroxyl groups is 1. The fourth-order valence-electron chi connectivity index (χ4n) is 5.19. The predicted octanol–water partition coefficient (Wildman–Crippen LogP) is 7.37. The minimum Gasteiger partial charge on any atom is -0.392 e. The number of aliphatic hydroxyl groups excluding tert-OH is 1. The number of fused-ring (bicyclic) bond motifs is 1. The van der Waals surface area contributed by atoms with Crippen molar-refractivity contribution in [3.8, 4) is 0 Å². The average molecular weight is 626 g/mol. The van der Waals surface area contributed by atoms with Crippen molar-refractivity contribution in [1.82, 2.24) is 15.6 Å². The van der Waals surface area contributed by atoms with Crippen LogP contribution in [0.5, 0.6) is 0 Å². The molecule has 6 rings (SSSR count). The van der Waals surface area contributed by atoms with Crippen molar-refractivity contribution in [2.75, 3.05) is 5.75 Å². The molecule has 1 aliphatic rings. The maximum absolute atomic E-state index is 12.3. The number of benzene rings is 4. The molecular formula is C35H35N3O4S2. The van der Waals surface area contributed by atoms with Crippen LogP contribution < -0.4 is 10.6 Å². The van der Waals surface area contributed by atoms with Crippen molar-refractivity contribution < 1.29 is 19.4 Å². The molecule has 3 N–H and O–H groups in total. The van der Waals surface area contributed by atoms with Gasteiger partial charge in [0.05, 0.1) is 29.0 Å². The van der Waals surface area contributed by atoms with E-state index in [0.29, 0.717) is 13.1 Å². The summed E-state index contributed by atoms with van der Waals surface area (Å²) >= 11 is 3.42. The van der Waals surface area contributed by atoms with Gasteiger partial charge in [-0.3, -0.25) is 0 Å². The van der Waals surface area contributed by atoms with Crippen molar-refractivity contribution >= 4 is 39.3 Å². The van der Waals surface area contributed by atoms with E-state index < -0.39 is 6.29 Å². The number of rotatable bonds is 10. The van der Waals surface area contributed by atoms with Gasteiger partial charge < -0.3 is 25.2 Å². The number of nitrogens with one attached hydrogen (secondary N) is 2. The van der Waals surface area contributed by atoms with Gasteiger partial charge in [0, 0.05) is 30.3 Å². The zero-order chi connectivity index (χ0) is 30.3. The number of urea groups is 1. The van der Waals surface area contributed by atoms with Gasteiger partial charge in [-0.1, -0.05) is 110 Å². The van der Waals surface area contributed by atoms with Gasteiger partial charge in [0.1, 0.15) is 0 Å². The molecule has 2 heterocycles. The summed E-state index contributed by atoms with van der Waals surface area (Å²) in [6, 6.07) is 33.8. The van der Waals surface area contributed by atoms with Crippen LogP contribution in [0.3, 0.4) is 0 Å². The zero-order valence-electron chi connectivity index (χ0n) is 24.4. The quantitative estimate of drug-likeness (QED) is 0.140. The fraction of sp³-hybridized carbons (Fsp3) is 0.257. The van der Waals surface area contributed by atoms with Crippen LogP contribution in [0.2, 0.25) is 0 Å². The number of aromatic nitrogens is 1. The number of hydrogen-bond acceptors (Lipinski definition) is 7. The first-order chi connectivity index (χ1) is 21.6. The highest BCUT2D eigenvalue weighted by atomic mass is 32.2. The Morgan fingerprint density at radius 2 is 1.45 bits per heavy atom. The summed E-state index contributed by atoms with van der Waals surface area (Å²) in [6.45, 7) is 3.06. The molecular weight excluding hydrogens is 591 g/mol. The van der Waals surface area contributed by atoms with E-state index in [-0.39, 0.29) is 30.8 Å².